The van der Waals surface area contributed by atoms with Crippen LogP contribution in [0.25, 0.3) is 0 Å². The van der Waals surface area contributed by atoms with Crippen molar-refractivity contribution in [1.29, 1.82) is 0 Å². The molecule has 13 N–H and O–H groups in total. The van der Waals surface area contributed by atoms with Gasteiger partial charge in [-0.3, -0.25) is 0 Å². The lowest BCUT2D eigenvalue weighted by Crippen LogP contribution is -2.68. The Morgan fingerprint density at radius 3 is 1.74 bits per heavy atom. The van der Waals surface area contributed by atoms with E-state index in [1.54, 1.807) is 0 Å². The largest absolute Gasteiger partial charge is 0.394 e. The van der Waals surface area contributed by atoms with Gasteiger partial charge in [0, 0.05) is 12.1 Å². The van der Waals surface area contributed by atoms with Gasteiger partial charge in [-0.2, -0.15) is 0 Å². The molecule has 14 nitrogen and oxygen atoms in total. The predicted molar refractivity (Wildman–Crippen MR) is 99.8 cm³/mol. The second kappa shape index (κ2) is 10.1. The average Bonchev–Trinajstić information content (AvgIpc) is 3.02. The number of ether oxygens (including phenoxy) is 4. The molecule has 182 valence electrons. The van der Waals surface area contributed by atoms with Crippen molar-refractivity contribution in [1.82, 2.24) is 0 Å². The van der Waals surface area contributed by atoms with Gasteiger partial charge in [0.05, 0.1) is 25.4 Å². The molecule has 3 rings (SSSR count). The van der Waals surface area contributed by atoms with Crippen LogP contribution < -0.4 is 17.2 Å². The summed E-state index contributed by atoms with van der Waals surface area (Å²) in [5.41, 5.74) is 18.0. The van der Waals surface area contributed by atoms with Crippen molar-refractivity contribution in [2.24, 2.45) is 17.2 Å². The topological polar surface area (TPSA) is 257 Å². The van der Waals surface area contributed by atoms with Gasteiger partial charge >= 0.3 is 0 Å². The molecule has 2 saturated heterocycles. The van der Waals surface area contributed by atoms with E-state index in [4.69, 9.17) is 36.1 Å². The first-order chi connectivity index (χ1) is 14.6. The number of aliphatic hydroxyl groups excluding tert-OH is 7. The zero-order valence-corrected chi connectivity index (χ0v) is 16.7. The fourth-order valence-electron chi connectivity index (χ4n) is 4.12. The molecule has 0 aromatic rings. The Morgan fingerprint density at radius 2 is 1.16 bits per heavy atom. The van der Waals surface area contributed by atoms with E-state index in [0.717, 1.165) is 0 Å². The molecule has 1 aliphatic carbocycles. The van der Waals surface area contributed by atoms with Gasteiger partial charge in [0.15, 0.2) is 12.6 Å². The van der Waals surface area contributed by atoms with E-state index < -0.39 is 98.9 Å². The van der Waals surface area contributed by atoms with Gasteiger partial charge in [-0.05, 0) is 6.42 Å². The molecule has 0 bridgehead atoms. The number of nitrogens with two attached hydrogens (primary N) is 3. The van der Waals surface area contributed by atoms with Crippen molar-refractivity contribution in [3.63, 3.8) is 0 Å². The molecule has 2 heterocycles. The monoisotopic (exact) mass is 455 g/mol. The summed E-state index contributed by atoms with van der Waals surface area (Å²) in [6, 6.07) is -2.82. The summed E-state index contributed by atoms with van der Waals surface area (Å²) in [6.07, 6.45) is -14.5. The summed E-state index contributed by atoms with van der Waals surface area (Å²) in [6.45, 7) is -1.19. The highest BCUT2D eigenvalue weighted by Gasteiger charge is 2.52. The first kappa shape index (κ1) is 25.1. The summed E-state index contributed by atoms with van der Waals surface area (Å²) in [4.78, 5) is 0. The Morgan fingerprint density at radius 1 is 0.645 bits per heavy atom. The van der Waals surface area contributed by atoms with Crippen molar-refractivity contribution < 1.29 is 54.7 Å². The molecule has 0 aromatic carbocycles. The van der Waals surface area contributed by atoms with E-state index in [-0.39, 0.29) is 6.42 Å². The molecular weight excluding hydrogens is 422 g/mol. The van der Waals surface area contributed by atoms with Crippen LogP contribution >= 0.6 is 0 Å². The van der Waals surface area contributed by atoms with Gasteiger partial charge in [-0.15, -0.1) is 0 Å². The van der Waals surface area contributed by atoms with Gasteiger partial charge in [-0.25, -0.2) is 0 Å². The lowest BCUT2D eigenvalue weighted by molar-refractivity contribution is -0.310. The standard InChI is InChI=1S/C17H33N3O11/c18-4-1-5(19)14(30-16-8(20)12(26)10(24)6(2-21)28-16)15(9(4)23)31-17-13(27)11(25)7(3-22)29-17/h4-17,21-27H,1-3,18-20H2/t4-,5?,6?,7-,8?,9?,10+,11+,12-,13?,14+,15-,16+,17+/m1/s1. The van der Waals surface area contributed by atoms with E-state index in [0.29, 0.717) is 0 Å². The van der Waals surface area contributed by atoms with Crippen LogP contribution in [0.5, 0.6) is 0 Å². The summed E-state index contributed by atoms with van der Waals surface area (Å²) in [7, 11) is 0. The Labute approximate surface area is 178 Å². The molecule has 0 aromatic heterocycles. The fraction of sp³-hybridized carbons (Fsp3) is 1.00. The molecule has 1 saturated carbocycles. The minimum absolute atomic E-state index is 0.123. The maximum atomic E-state index is 10.6. The zero-order chi connectivity index (χ0) is 23.0. The molecule has 5 unspecified atom stereocenters. The lowest BCUT2D eigenvalue weighted by atomic mass is 9.84. The Bertz CT molecular complexity index is 590. The molecule has 14 heteroatoms. The second-order valence-electron chi connectivity index (χ2n) is 8.25. The van der Waals surface area contributed by atoms with E-state index in [2.05, 4.69) is 0 Å². The van der Waals surface area contributed by atoms with Gasteiger partial charge in [0.1, 0.15) is 48.8 Å². The highest BCUT2D eigenvalue weighted by Crippen LogP contribution is 2.32. The molecule has 14 atom stereocenters. The zero-order valence-electron chi connectivity index (χ0n) is 16.7. The SMILES string of the molecule is NC1[C@H](O[C@H]2C(N)C[C@@H](N)C(O)[C@H]2O[C@@H]2O[C@H](CO)[C@H](O)C2O)OC(CO)[C@H](O)[C@@H]1O. The summed E-state index contributed by atoms with van der Waals surface area (Å²) in [5.74, 6) is 0. The summed E-state index contributed by atoms with van der Waals surface area (Å²) < 4.78 is 22.2. The number of rotatable bonds is 6. The molecular formula is C17H33N3O11. The van der Waals surface area contributed by atoms with Crippen molar-refractivity contribution >= 4 is 0 Å². The molecule has 3 aliphatic rings. The maximum Gasteiger partial charge on any atom is 0.187 e. The van der Waals surface area contributed by atoms with Crippen molar-refractivity contribution in [3.05, 3.63) is 0 Å². The van der Waals surface area contributed by atoms with Crippen LogP contribution in [-0.2, 0) is 18.9 Å². The van der Waals surface area contributed by atoms with Gasteiger partial charge in [0.25, 0.3) is 0 Å². The van der Waals surface area contributed by atoms with Crippen LogP contribution in [0.3, 0.4) is 0 Å². The van der Waals surface area contributed by atoms with Crippen molar-refractivity contribution in [3.8, 4) is 0 Å². The third kappa shape index (κ3) is 4.87. The van der Waals surface area contributed by atoms with Crippen LogP contribution in [0.4, 0.5) is 0 Å². The van der Waals surface area contributed by atoms with Crippen molar-refractivity contribution in [2.45, 2.75) is 92.1 Å². The smallest absolute Gasteiger partial charge is 0.187 e. The van der Waals surface area contributed by atoms with Gasteiger partial charge in [0.2, 0.25) is 0 Å². The lowest BCUT2D eigenvalue weighted by Gasteiger charge is -2.47. The molecule has 0 radical (unpaired) electrons. The van der Waals surface area contributed by atoms with E-state index in [9.17, 15) is 35.7 Å². The maximum absolute atomic E-state index is 10.6. The minimum atomic E-state index is -1.52. The molecule has 2 aliphatic heterocycles. The van der Waals surface area contributed by atoms with Crippen LogP contribution in [0.15, 0.2) is 0 Å². The normalized spacial score (nSPS) is 53.6. The fourth-order valence-corrected chi connectivity index (χ4v) is 4.12. The van der Waals surface area contributed by atoms with Crippen LogP contribution in [0, 0.1) is 0 Å². The third-order valence-electron chi connectivity index (χ3n) is 6.07. The predicted octanol–water partition coefficient (Wildman–Crippen LogP) is -6.62. The molecule has 31 heavy (non-hydrogen) atoms. The van der Waals surface area contributed by atoms with E-state index in [1.165, 1.54) is 0 Å². The highest BCUT2D eigenvalue weighted by atomic mass is 16.7. The Hall–Kier alpha value is -0.560. The molecule has 0 amide bonds. The van der Waals surface area contributed by atoms with E-state index in [1.807, 2.05) is 0 Å². The van der Waals surface area contributed by atoms with Crippen molar-refractivity contribution in [2.75, 3.05) is 13.2 Å². The minimum Gasteiger partial charge on any atom is -0.394 e. The second-order valence-corrected chi connectivity index (χ2v) is 8.25. The first-order valence-electron chi connectivity index (χ1n) is 10.1. The Kier molecular flexibility index (Phi) is 8.21. The molecule has 3 fully saturated rings. The van der Waals surface area contributed by atoms with Crippen LogP contribution in [-0.4, -0.2) is 135 Å². The summed E-state index contributed by atoms with van der Waals surface area (Å²) >= 11 is 0. The number of hydrogen-bond donors (Lipinski definition) is 10. The average molecular weight is 455 g/mol. The number of aliphatic hydroxyl groups is 7. The Balaban J connectivity index is 1.78. The quantitative estimate of drug-likeness (QED) is 0.179. The van der Waals surface area contributed by atoms with Gasteiger partial charge < -0.3 is 71.9 Å². The summed E-state index contributed by atoms with van der Waals surface area (Å²) in [5, 5.41) is 69.4. The third-order valence-corrected chi connectivity index (χ3v) is 6.07. The number of hydrogen-bond acceptors (Lipinski definition) is 14. The van der Waals surface area contributed by atoms with Crippen LogP contribution in [0.2, 0.25) is 0 Å². The first-order valence-corrected chi connectivity index (χ1v) is 10.1. The van der Waals surface area contributed by atoms with Gasteiger partial charge in [-0.1, -0.05) is 0 Å². The van der Waals surface area contributed by atoms with E-state index >= 15 is 0 Å². The molecule has 0 spiro atoms. The van der Waals surface area contributed by atoms with Crippen LogP contribution in [0.1, 0.15) is 6.42 Å². The highest BCUT2D eigenvalue weighted by molar-refractivity contribution is 5.01.